The fraction of sp³-hybridized carbons (Fsp3) is 0.524. The van der Waals surface area contributed by atoms with Crippen LogP contribution in [0.3, 0.4) is 0 Å². The molecule has 2 N–H and O–H groups in total. The average molecular weight is 370 g/mol. The Morgan fingerprint density at radius 2 is 2.15 bits per heavy atom. The van der Waals surface area contributed by atoms with Gasteiger partial charge in [0.25, 0.3) is 0 Å². The predicted molar refractivity (Wildman–Crippen MR) is 105 cm³/mol. The molecule has 0 unspecified atom stereocenters. The number of amides is 1. The second kappa shape index (κ2) is 8.23. The highest BCUT2D eigenvalue weighted by Gasteiger charge is 2.25. The van der Waals surface area contributed by atoms with E-state index in [1.807, 2.05) is 11.6 Å². The lowest BCUT2D eigenvalue weighted by molar-refractivity contribution is -0.123. The molecule has 1 amide bonds. The van der Waals surface area contributed by atoms with E-state index in [1.54, 1.807) is 0 Å². The van der Waals surface area contributed by atoms with Gasteiger partial charge in [0.05, 0.1) is 24.9 Å². The Bertz CT molecular complexity index is 828. The summed E-state index contributed by atoms with van der Waals surface area (Å²) >= 11 is 0. The van der Waals surface area contributed by atoms with Crippen molar-refractivity contribution in [2.75, 3.05) is 13.1 Å². The molecule has 2 heterocycles. The number of carbonyl (C=O) groups is 1. The topological polar surface area (TPSA) is 70.4 Å². The zero-order valence-electron chi connectivity index (χ0n) is 16.7. The van der Waals surface area contributed by atoms with Gasteiger partial charge in [-0.1, -0.05) is 23.8 Å². The Kier molecular flexibility index (Phi) is 5.97. The SMILES string of the molecule is CCn1nc(CO)c2c1CCN(CC(=O)N[C@H](C)c1cc(C)ccc1C)C2. The molecule has 2 aromatic rings. The smallest absolute Gasteiger partial charge is 0.234 e. The van der Waals surface area contributed by atoms with Crippen LogP contribution < -0.4 is 5.32 Å². The fourth-order valence-corrected chi connectivity index (χ4v) is 3.94. The van der Waals surface area contributed by atoms with Crippen LogP contribution in [-0.4, -0.2) is 38.8 Å². The molecule has 3 rings (SSSR count). The minimum absolute atomic E-state index is 0.0198. The fourth-order valence-electron chi connectivity index (χ4n) is 3.94. The van der Waals surface area contributed by atoms with Crippen LogP contribution in [0.2, 0.25) is 0 Å². The number of aliphatic hydroxyl groups is 1. The van der Waals surface area contributed by atoms with Crippen molar-refractivity contribution in [2.24, 2.45) is 0 Å². The second-order valence-corrected chi connectivity index (χ2v) is 7.46. The standard InChI is InChI=1S/C21H30N4O2/c1-5-25-20-8-9-24(11-18(20)19(13-26)23-25)12-21(27)22-16(4)17-10-14(2)6-7-15(17)3/h6-7,10,16,26H,5,8-9,11-13H2,1-4H3,(H,22,27)/t16-/m1/s1. The summed E-state index contributed by atoms with van der Waals surface area (Å²) in [6.07, 6.45) is 0.857. The highest BCUT2D eigenvalue weighted by Crippen LogP contribution is 2.23. The maximum absolute atomic E-state index is 12.6. The van der Waals surface area contributed by atoms with E-state index in [-0.39, 0.29) is 18.6 Å². The molecule has 27 heavy (non-hydrogen) atoms. The molecule has 6 heteroatoms. The molecule has 1 aromatic carbocycles. The molecule has 1 aliphatic rings. The number of nitrogens with zero attached hydrogens (tertiary/aromatic N) is 3. The third kappa shape index (κ3) is 4.22. The first-order valence-corrected chi connectivity index (χ1v) is 9.70. The van der Waals surface area contributed by atoms with Crippen molar-refractivity contribution in [1.29, 1.82) is 0 Å². The van der Waals surface area contributed by atoms with Gasteiger partial charge < -0.3 is 10.4 Å². The van der Waals surface area contributed by atoms with Gasteiger partial charge in [0.1, 0.15) is 0 Å². The number of aliphatic hydroxyl groups excluding tert-OH is 1. The molecule has 0 saturated carbocycles. The lowest BCUT2D eigenvalue weighted by atomic mass is 10.00. The number of rotatable bonds is 6. The van der Waals surface area contributed by atoms with Crippen molar-refractivity contribution in [3.8, 4) is 0 Å². The Morgan fingerprint density at radius 1 is 1.37 bits per heavy atom. The minimum Gasteiger partial charge on any atom is -0.390 e. The third-order valence-corrected chi connectivity index (χ3v) is 5.39. The number of benzene rings is 1. The maximum Gasteiger partial charge on any atom is 0.234 e. The molecule has 146 valence electrons. The monoisotopic (exact) mass is 370 g/mol. The number of hydrogen-bond donors (Lipinski definition) is 2. The molecule has 1 aromatic heterocycles. The summed E-state index contributed by atoms with van der Waals surface area (Å²) < 4.78 is 1.97. The first kappa shape index (κ1) is 19.6. The van der Waals surface area contributed by atoms with Gasteiger partial charge in [-0.2, -0.15) is 5.10 Å². The summed E-state index contributed by atoms with van der Waals surface area (Å²) in [5, 5.41) is 17.2. The Hall–Kier alpha value is -2.18. The first-order valence-electron chi connectivity index (χ1n) is 9.70. The van der Waals surface area contributed by atoms with Gasteiger partial charge in [-0.05, 0) is 38.8 Å². The van der Waals surface area contributed by atoms with Gasteiger partial charge in [-0.25, -0.2) is 0 Å². The van der Waals surface area contributed by atoms with Crippen molar-refractivity contribution in [3.63, 3.8) is 0 Å². The van der Waals surface area contributed by atoms with Crippen LogP contribution in [0.15, 0.2) is 18.2 Å². The molecular weight excluding hydrogens is 340 g/mol. The molecular formula is C21H30N4O2. The van der Waals surface area contributed by atoms with Crippen LogP contribution >= 0.6 is 0 Å². The molecule has 1 aliphatic heterocycles. The summed E-state index contributed by atoms with van der Waals surface area (Å²) in [6, 6.07) is 6.31. The minimum atomic E-state index is -0.0565. The number of hydrogen-bond acceptors (Lipinski definition) is 4. The zero-order chi connectivity index (χ0) is 19.6. The summed E-state index contributed by atoms with van der Waals surface area (Å²) in [6.45, 7) is 10.8. The highest BCUT2D eigenvalue weighted by molar-refractivity contribution is 5.78. The highest BCUT2D eigenvalue weighted by atomic mass is 16.3. The quantitative estimate of drug-likeness (QED) is 0.818. The van der Waals surface area contributed by atoms with Crippen LogP contribution in [-0.2, 0) is 30.9 Å². The van der Waals surface area contributed by atoms with E-state index in [1.165, 1.54) is 16.8 Å². The predicted octanol–water partition coefficient (Wildman–Crippen LogP) is 2.25. The van der Waals surface area contributed by atoms with Gasteiger partial charge in [0, 0.05) is 37.3 Å². The van der Waals surface area contributed by atoms with Crippen LogP contribution in [0.1, 0.15) is 53.5 Å². The lowest BCUT2D eigenvalue weighted by Gasteiger charge is -2.28. The molecule has 0 aliphatic carbocycles. The molecule has 0 radical (unpaired) electrons. The van der Waals surface area contributed by atoms with Gasteiger partial charge >= 0.3 is 0 Å². The van der Waals surface area contributed by atoms with Gasteiger partial charge in [-0.3, -0.25) is 14.4 Å². The Morgan fingerprint density at radius 3 is 2.85 bits per heavy atom. The van der Waals surface area contributed by atoms with E-state index < -0.39 is 0 Å². The summed E-state index contributed by atoms with van der Waals surface area (Å²) in [5.41, 5.74) is 6.57. The van der Waals surface area contributed by atoms with E-state index in [9.17, 15) is 9.90 Å². The molecule has 6 nitrogen and oxygen atoms in total. The summed E-state index contributed by atoms with van der Waals surface area (Å²) in [5.74, 6) is 0.0280. The lowest BCUT2D eigenvalue weighted by Crippen LogP contribution is -2.41. The van der Waals surface area contributed by atoms with Crippen LogP contribution in [0.5, 0.6) is 0 Å². The summed E-state index contributed by atoms with van der Waals surface area (Å²) in [4.78, 5) is 14.7. The van der Waals surface area contributed by atoms with Crippen LogP contribution in [0.25, 0.3) is 0 Å². The van der Waals surface area contributed by atoms with Crippen molar-refractivity contribution >= 4 is 5.91 Å². The third-order valence-electron chi connectivity index (χ3n) is 5.39. The molecule has 0 fully saturated rings. The average Bonchev–Trinajstić information content (AvgIpc) is 3.00. The molecule has 0 saturated heterocycles. The van der Waals surface area contributed by atoms with Gasteiger partial charge in [0.15, 0.2) is 0 Å². The number of nitrogens with one attached hydrogen (secondary N) is 1. The van der Waals surface area contributed by atoms with Crippen LogP contribution in [0.4, 0.5) is 0 Å². The number of aromatic nitrogens is 2. The van der Waals surface area contributed by atoms with E-state index in [0.717, 1.165) is 36.3 Å². The van der Waals surface area contributed by atoms with Crippen molar-refractivity contribution < 1.29 is 9.90 Å². The van der Waals surface area contributed by atoms with Crippen molar-refractivity contribution in [1.82, 2.24) is 20.0 Å². The zero-order valence-corrected chi connectivity index (χ0v) is 16.7. The number of aryl methyl sites for hydroxylation is 3. The van der Waals surface area contributed by atoms with E-state index in [4.69, 9.17) is 0 Å². The van der Waals surface area contributed by atoms with Crippen LogP contribution in [0, 0.1) is 13.8 Å². The molecule has 0 spiro atoms. The maximum atomic E-state index is 12.6. The Labute approximate surface area is 161 Å². The van der Waals surface area contributed by atoms with Crippen molar-refractivity contribution in [2.45, 2.75) is 59.9 Å². The number of carbonyl (C=O) groups excluding carboxylic acids is 1. The molecule has 0 bridgehead atoms. The van der Waals surface area contributed by atoms with Crippen molar-refractivity contribution in [3.05, 3.63) is 51.8 Å². The largest absolute Gasteiger partial charge is 0.390 e. The van der Waals surface area contributed by atoms with Gasteiger partial charge in [0.2, 0.25) is 5.91 Å². The van der Waals surface area contributed by atoms with E-state index in [2.05, 4.69) is 54.3 Å². The molecule has 1 atom stereocenters. The second-order valence-electron chi connectivity index (χ2n) is 7.46. The number of fused-ring (bicyclic) bond motifs is 1. The van der Waals surface area contributed by atoms with E-state index in [0.29, 0.717) is 13.1 Å². The van der Waals surface area contributed by atoms with Gasteiger partial charge in [-0.15, -0.1) is 0 Å². The first-order chi connectivity index (χ1) is 12.9. The van der Waals surface area contributed by atoms with E-state index >= 15 is 0 Å². The Balaban J connectivity index is 1.64. The summed E-state index contributed by atoms with van der Waals surface area (Å²) in [7, 11) is 0. The normalized spacial score (nSPS) is 15.4.